The van der Waals surface area contributed by atoms with Gasteiger partial charge < -0.3 is 19.7 Å². The normalized spacial score (nSPS) is 14.3. The first-order chi connectivity index (χ1) is 16.0. The number of hydrogen-bond donors (Lipinski definition) is 1. The monoisotopic (exact) mass is 468 g/mol. The Morgan fingerprint density at radius 2 is 2.00 bits per heavy atom. The number of ether oxygens (including phenoxy) is 2. The number of methoxy groups -OCH3 is 1. The molecule has 0 bridgehead atoms. The molecule has 1 aromatic carbocycles. The van der Waals surface area contributed by atoms with Crippen molar-refractivity contribution in [2.75, 3.05) is 25.7 Å². The van der Waals surface area contributed by atoms with Crippen molar-refractivity contribution in [2.45, 2.75) is 58.5 Å². The highest BCUT2D eigenvalue weighted by molar-refractivity contribution is 7.20. The van der Waals surface area contributed by atoms with Crippen molar-refractivity contribution in [3.05, 3.63) is 40.5 Å². The molecule has 1 N–H and O–H groups in total. The lowest BCUT2D eigenvalue weighted by molar-refractivity contribution is 0.0954. The number of rotatable bonds is 8. The van der Waals surface area contributed by atoms with Crippen molar-refractivity contribution in [3.8, 4) is 11.5 Å². The Bertz CT molecular complexity index is 1120. The van der Waals surface area contributed by atoms with Gasteiger partial charge >= 0.3 is 0 Å². The average molecular weight is 469 g/mol. The number of fused-ring (bicyclic) bond motifs is 1. The minimum atomic E-state index is -0.102. The first kappa shape index (κ1) is 23.3. The number of nitrogens with one attached hydrogen (secondary N) is 1. The Morgan fingerprint density at radius 1 is 1.21 bits per heavy atom. The molecule has 0 aliphatic heterocycles. The molecule has 4 rings (SSSR count). The van der Waals surface area contributed by atoms with Gasteiger partial charge in [0.1, 0.15) is 17.0 Å². The van der Waals surface area contributed by atoms with Crippen LogP contribution in [0.2, 0.25) is 0 Å². The topological polar surface area (TPSA) is 76.6 Å². The number of carbonyl (C=O) groups excluding carboxylic acids is 1. The van der Waals surface area contributed by atoms with Crippen LogP contribution in [0.25, 0.3) is 10.2 Å². The Kier molecular flexibility index (Phi) is 7.33. The predicted molar refractivity (Wildman–Crippen MR) is 133 cm³/mol. The van der Waals surface area contributed by atoms with E-state index in [1.165, 1.54) is 43.4 Å². The molecule has 0 radical (unpaired) electrons. The molecule has 176 valence electrons. The van der Waals surface area contributed by atoms with E-state index >= 15 is 0 Å². The molecule has 1 amide bonds. The summed E-state index contributed by atoms with van der Waals surface area (Å²) in [7, 11) is 3.73. The van der Waals surface area contributed by atoms with Gasteiger partial charge in [0.05, 0.1) is 24.0 Å². The number of aromatic nitrogens is 2. The number of amides is 1. The maximum absolute atomic E-state index is 13.1. The summed E-state index contributed by atoms with van der Waals surface area (Å²) < 4.78 is 11.0. The average Bonchev–Trinajstić information content (AvgIpc) is 3.20. The van der Waals surface area contributed by atoms with Crippen molar-refractivity contribution in [3.63, 3.8) is 0 Å². The van der Waals surface area contributed by atoms with E-state index in [1.54, 1.807) is 13.4 Å². The van der Waals surface area contributed by atoms with E-state index in [0.29, 0.717) is 35.6 Å². The molecule has 1 saturated carbocycles. The maximum Gasteiger partial charge on any atom is 0.261 e. The second-order valence-corrected chi connectivity index (χ2v) is 9.44. The lowest BCUT2D eigenvalue weighted by atomic mass is 9.94. The highest BCUT2D eigenvalue weighted by Gasteiger charge is 2.25. The van der Waals surface area contributed by atoms with Crippen molar-refractivity contribution < 1.29 is 14.3 Å². The molecule has 33 heavy (non-hydrogen) atoms. The van der Waals surface area contributed by atoms with Gasteiger partial charge in [0, 0.05) is 19.6 Å². The summed E-state index contributed by atoms with van der Waals surface area (Å²) in [5, 5.41) is 4.03. The molecule has 2 heterocycles. The summed E-state index contributed by atoms with van der Waals surface area (Å²) in [5.41, 5.74) is 1.88. The molecule has 0 atom stereocenters. The lowest BCUT2D eigenvalue weighted by Crippen LogP contribution is -2.34. The van der Waals surface area contributed by atoms with Crippen LogP contribution >= 0.6 is 11.3 Å². The zero-order chi connectivity index (χ0) is 23.4. The third-order valence-corrected chi connectivity index (χ3v) is 7.55. The number of benzene rings is 1. The summed E-state index contributed by atoms with van der Waals surface area (Å²) in [6.07, 6.45) is 7.81. The number of hydrogen-bond acceptors (Lipinski definition) is 7. The SMILES string of the molecule is CCOc1ccc(CNC(=O)c2sc3ncnc(N(C)C4CCCCC4)c3c2C)cc1OC. The van der Waals surface area contributed by atoms with Crippen LogP contribution in [0.4, 0.5) is 5.82 Å². The first-order valence-corrected chi connectivity index (χ1v) is 12.4. The Labute approximate surface area is 199 Å². The molecule has 0 unspecified atom stereocenters. The molecule has 8 heteroatoms. The van der Waals surface area contributed by atoms with Gasteiger partial charge in [0.25, 0.3) is 5.91 Å². The third-order valence-electron chi connectivity index (χ3n) is 6.35. The Hall–Kier alpha value is -2.87. The van der Waals surface area contributed by atoms with Crippen LogP contribution < -0.4 is 19.7 Å². The fraction of sp³-hybridized carbons (Fsp3) is 0.480. The Balaban J connectivity index is 1.54. The van der Waals surface area contributed by atoms with Gasteiger partial charge in [-0.15, -0.1) is 11.3 Å². The lowest BCUT2D eigenvalue weighted by Gasteiger charge is -2.32. The number of aryl methyl sites for hydroxylation is 1. The van der Waals surface area contributed by atoms with Crippen LogP contribution in [-0.4, -0.2) is 42.7 Å². The summed E-state index contributed by atoms with van der Waals surface area (Å²) in [6.45, 7) is 4.90. The third kappa shape index (κ3) is 4.90. The van der Waals surface area contributed by atoms with Crippen LogP contribution in [0, 0.1) is 6.92 Å². The fourth-order valence-electron chi connectivity index (χ4n) is 4.54. The predicted octanol–water partition coefficient (Wildman–Crippen LogP) is 5.11. The fourth-order valence-corrected chi connectivity index (χ4v) is 5.60. The zero-order valence-electron chi connectivity index (χ0n) is 19.8. The van der Waals surface area contributed by atoms with Crippen LogP contribution in [0.1, 0.15) is 59.8 Å². The van der Waals surface area contributed by atoms with Crippen molar-refractivity contribution in [1.82, 2.24) is 15.3 Å². The van der Waals surface area contributed by atoms with Gasteiger partial charge in [-0.2, -0.15) is 0 Å². The molecule has 0 saturated heterocycles. The number of carbonyl (C=O) groups is 1. The first-order valence-electron chi connectivity index (χ1n) is 11.6. The second-order valence-electron chi connectivity index (χ2n) is 8.44. The highest BCUT2D eigenvalue weighted by atomic mass is 32.1. The standard InChI is InChI=1S/C25H32N4O3S/c1-5-32-19-12-11-17(13-20(19)31-4)14-26-24(30)22-16(2)21-23(27-15-28-25(21)33-22)29(3)18-9-7-6-8-10-18/h11-13,15,18H,5-10,14H2,1-4H3,(H,26,30). The smallest absolute Gasteiger partial charge is 0.261 e. The number of nitrogens with zero attached hydrogens (tertiary/aromatic N) is 3. The van der Waals surface area contributed by atoms with Gasteiger partial charge in [0.15, 0.2) is 11.5 Å². The van der Waals surface area contributed by atoms with Crippen LogP contribution in [0.3, 0.4) is 0 Å². The summed E-state index contributed by atoms with van der Waals surface area (Å²) >= 11 is 1.43. The largest absolute Gasteiger partial charge is 0.493 e. The van der Waals surface area contributed by atoms with Crippen molar-refractivity contribution in [2.24, 2.45) is 0 Å². The quantitative estimate of drug-likeness (QED) is 0.495. The van der Waals surface area contributed by atoms with E-state index in [9.17, 15) is 4.79 Å². The van der Waals surface area contributed by atoms with E-state index in [-0.39, 0.29) is 5.91 Å². The van der Waals surface area contributed by atoms with Crippen LogP contribution in [0.15, 0.2) is 24.5 Å². The number of anilines is 1. The molecular weight excluding hydrogens is 436 g/mol. The van der Waals surface area contributed by atoms with Crippen molar-refractivity contribution in [1.29, 1.82) is 0 Å². The molecule has 3 aromatic rings. The number of thiophene rings is 1. The van der Waals surface area contributed by atoms with Crippen LogP contribution in [-0.2, 0) is 6.54 Å². The molecule has 1 fully saturated rings. The van der Waals surface area contributed by atoms with E-state index in [0.717, 1.165) is 27.2 Å². The van der Waals surface area contributed by atoms with E-state index in [2.05, 4.69) is 27.2 Å². The van der Waals surface area contributed by atoms with Gasteiger partial charge in [-0.25, -0.2) is 9.97 Å². The molecule has 7 nitrogen and oxygen atoms in total. The minimum Gasteiger partial charge on any atom is -0.493 e. The minimum absolute atomic E-state index is 0.102. The van der Waals surface area contributed by atoms with Gasteiger partial charge in [-0.05, 0) is 49.9 Å². The molecule has 2 aromatic heterocycles. The maximum atomic E-state index is 13.1. The Morgan fingerprint density at radius 3 is 2.73 bits per heavy atom. The highest BCUT2D eigenvalue weighted by Crippen LogP contribution is 2.36. The molecule has 0 spiro atoms. The van der Waals surface area contributed by atoms with Gasteiger partial charge in [-0.1, -0.05) is 25.3 Å². The summed E-state index contributed by atoms with van der Waals surface area (Å²) in [5.74, 6) is 2.18. The summed E-state index contributed by atoms with van der Waals surface area (Å²) in [6, 6.07) is 6.19. The van der Waals surface area contributed by atoms with Crippen LogP contribution in [0.5, 0.6) is 11.5 Å². The van der Waals surface area contributed by atoms with E-state index < -0.39 is 0 Å². The summed E-state index contributed by atoms with van der Waals surface area (Å²) in [4.78, 5) is 26.0. The molecular formula is C25H32N4O3S. The zero-order valence-corrected chi connectivity index (χ0v) is 20.6. The molecule has 1 aliphatic rings. The molecule has 1 aliphatic carbocycles. The second kappa shape index (κ2) is 10.4. The van der Waals surface area contributed by atoms with Crippen molar-refractivity contribution >= 4 is 33.3 Å². The van der Waals surface area contributed by atoms with Gasteiger partial charge in [-0.3, -0.25) is 4.79 Å². The van der Waals surface area contributed by atoms with Gasteiger partial charge in [0.2, 0.25) is 0 Å². The van der Waals surface area contributed by atoms with E-state index in [1.807, 2.05) is 32.0 Å². The van der Waals surface area contributed by atoms with E-state index in [4.69, 9.17) is 9.47 Å².